The lowest BCUT2D eigenvalue weighted by molar-refractivity contribution is -0.143. The molecule has 0 spiro atoms. The van der Waals surface area contributed by atoms with Gasteiger partial charge < -0.3 is 0 Å². The van der Waals surface area contributed by atoms with E-state index in [4.69, 9.17) is 0 Å². The zero-order valence-corrected chi connectivity index (χ0v) is 9.63. The Morgan fingerprint density at radius 2 is 1.33 bits per heavy atom. The summed E-state index contributed by atoms with van der Waals surface area (Å²) in [6.45, 7) is 0. The lowest BCUT2D eigenvalue weighted by atomic mass is 10.1. The fourth-order valence-corrected chi connectivity index (χ4v) is 1.85. The first-order valence-corrected chi connectivity index (χ1v) is 5.59. The normalized spacial score (nSPS) is 14.6. The van der Waals surface area contributed by atoms with Gasteiger partial charge in [-0.2, -0.15) is 26.3 Å². The standard InChI is InChI=1S/C9H7F6NOS/c1-16-18(17)7-3-5(8(10,11)12)2-6(4-7)9(13,14)15/h2-4,16H,1H3. The summed E-state index contributed by atoms with van der Waals surface area (Å²) < 4.78 is 87.8. The summed E-state index contributed by atoms with van der Waals surface area (Å²) in [5, 5.41) is 0. The molecule has 0 radical (unpaired) electrons. The molecule has 1 aromatic rings. The molecule has 0 aliphatic carbocycles. The molecular formula is C9H7F6NOS. The Kier molecular flexibility index (Phi) is 4.06. The van der Waals surface area contributed by atoms with Crippen LogP contribution in [0.25, 0.3) is 0 Å². The maximum absolute atomic E-state index is 12.4. The van der Waals surface area contributed by atoms with Crippen LogP contribution in [0.5, 0.6) is 0 Å². The second-order valence-electron chi connectivity index (χ2n) is 3.21. The van der Waals surface area contributed by atoms with Crippen molar-refractivity contribution in [2.24, 2.45) is 0 Å². The van der Waals surface area contributed by atoms with E-state index in [0.717, 1.165) is 7.05 Å². The lowest BCUT2D eigenvalue weighted by Crippen LogP contribution is -2.15. The Hall–Kier alpha value is -1.09. The van der Waals surface area contributed by atoms with Crippen molar-refractivity contribution in [2.45, 2.75) is 17.2 Å². The summed E-state index contributed by atoms with van der Waals surface area (Å²) in [7, 11) is -0.974. The molecule has 1 unspecified atom stereocenters. The van der Waals surface area contributed by atoms with E-state index >= 15 is 0 Å². The van der Waals surface area contributed by atoms with E-state index in [2.05, 4.69) is 4.72 Å². The van der Waals surface area contributed by atoms with Gasteiger partial charge in [-0.1, -0.05) is 0 Å². The third-order valence-electron chi connectivity index (χ3n) is 1.96. The number of hydrogen-bond donors (Lipinski definition) is 1. The molecule has 2 nitrogen and oxygen atoms in total. The second-order valence-corrected chi connectivity index (χ2v) is 4.63. The largest absolute Gasteiger partial charge is 0.416 e. The first-order valence-electron chi connectivity index (χ1n) is 4.44. The van der Waals surface area contributed by atoms with E-state index in [9.17, 15) is 30.6 Å². The highest BCUT2D eigenvalue weighted by atomic mass is 32.2. The highest BCUT2D eigenvalue weighted by molar-refractivity contribution is 7.83. The number of rotatable bonds is 2. The van der Waals surface area contributed by atoms with Crippen LogP contribution in [0.15, 0.2) is 23.1 Å². The highest BCUT2D eigenvalue weighted by Gasteiger charge is 2.37. The monoisotopic (exact) mass is 291 g/mol. The smallest absolute Gasteiger partial charge is 0.238 e. The molecule has 0 aliphatic rings. The third-order valence-corrected chi connectivity index (χ3v) is 3.00. The van der Waals surface area contributed by atoms with Crippen LogP contribution in [0, 0.1) is 0 Å². The second kappa shape index (κ2) is 4.88. The minimum Gasteiger partial charge on any atom is -0.238 e. The van der Waals surface area contributed by atoms with Crippen molar-refractivity contribution < 1.29 is 30.6 Å². The van der Waals surface area contributed by atoms with E-state index in [1.165, 1.54) is 0 Å². The summed E-state index contributed by atoms with van der Waals surface area (Å²) in [5.74, 6) is 0. The Bertz CT molecular complexity index is 435. The topological polar surface area (TPSA) is 29.1 Å². The molecule has 102 valence electrons. The average molecular weight is 291 g/mol. The first-order chi connectivity index (χ1) is 8.05. The molecule has 0 saturated carbocycles. The van der Waals surface area contributed by atoms with Crippen molar-refractivity contribution in [3.63, 3.8) is 0 Å². The highest BCUT2D eigenvalue weighted by Crippen LogP contribution is 2.36. The van der Waals surface area contributed by atoms with E-state index < -0.39 is 39.4 Å². The predicted molar refractivity (Wildman–Crippen MR) is 51.9 cm³/mol. The lowest BCUT2D eigenvalue weighted by Gasteiger charge is -2.13. The Morgan fingerprint density at radius 3 is 1.61 bits per heavy atom. The van der Waals surface area contributed by atoms with Crippen molar-refractivity contribution in [1.29, 1.82) is 0 Å². The van der Waals surface area contributed by atoms with E-state index in [1.54, 1.807) is 0 Å². The van der Waals surface area contributed by atoms with Gasteiger partial charge in [-0.05, 0) is 25.2 Å². The fraction of sp³-hybridized carbons (Fsp3) is 0.333. The summed E-state index contributed by atoms with van der Waals surface area (Å²) in [6.07, 6.45) is -9.87. The zero-order valence-electron chi connectivity index (χ0n) is 8.82. The average Bonchev–Trinajstić information content (AvgIpc) is 2.25. The van der Waals surface area contributed by atoms with Crippen molar-refractivity contribution in [1.82, 2.24) is 4.72 Å². The molecule has 1 rings (SSSR count). The Morgan fingerprint density at radius 1 is 0.944 bits per heavy atom. The summed E-state index contributed by atoms with van der Waals surface area (Å²) in [5.41, 5.74) is -2.98. The minimum atomic E-state index is -4.94. The first kappa shape index (κ1) is 15.0. The van der Waals surface area contributed by atoms with E-state index in [0.29, 0.717) is 12.1 Å². The molecule has 0 saturated heterocycles. The quantitative estimate of drug-likeness (QED) is 0.834. The van der Waals surface area contributed by atoms with Crippen molar-refractivity contribution in [2.75, 3.05) is 7.05 Å². The van der Waals surface area contributed by atoms with Gasteiger partial charge in [-0.3, -0.25) is 0 Å². The predicted octanol–water partition coefficient (Wildman–Crippen LogP) is 2.97. The van der Waals surface area contributed by atoms with Gasteiger partial charge >= 0.3 is 12.4 Å². The number of nitrogens with one attached hydrogen (secondary N) is 1. The molecular weight excluding hydrogens is 284 g/mol. The van der Waals surface area contributed by atoms with Crippen molar-refractivity contribution >= 4 is 11.0 Å². The molecule has 0 bridgehead atoms. The van der Waals surface area contributed by atoms with Crippen LogP contribution in [0.4, 0.5) is 26.3 Å². The third kappa shape index (κ3) is 3.45. The fourth-order valence-electron chi connectivity index (χ4n) is 1.15. The molecule has 1 N–H and O–H groups in total. The van der Waals surface area contributed by atoms with Crippen LogP contribution in [0.2, 0.25) is 0 Å². The van der Waals surface area contributed by atoms with Gasteiger partial charge in [0.2, 0.25) is 0 Å². The molecule has 1 aromatic carbocycles. The van der Waals surface area contributed by atoms with Gasteiger partial charge in [0.05, 0.1) is 16.0 Å². The number of halogens is 6. The molecule has 0 heterocycles. The molecule has 0 fully saturated rings. The zero-order chi connectivity index (χ0) is 14.1. The maximum Gasteiger partial charge on any atom is 0.416 e. The molecule has 0 amide bonds. The van der Waals surface area contributed by atoms with Crippen LogP contribution in [0.1, 0.15) is 11.1 Å². The SMILES string of the molecule is CNS(=O)c1cc(C(F)(F)F)cc(C(F)(F)F)c1. The molecule has 1 atom stereocenters. The van der Waals surface area contributed by atoms with Gasteiger partial charge in [0.25, 0.3) is 0 Å². The van der Waals surface area contributed by atoms with Gasteiger partial charge in [-0.15, -0.1) is 0 Å². The molecule has 9 heteroatoms. The minimum absolute atomic E-state index is 0.0175. The van der Waals surface area contributed by atoms with Crippen molar-refractivity contribution in [3.8, 4) is 0 Å². The van der Waals surface area contributed by atoms with Crippen LogP contribution in [-0.2, 0) is 23.3 Å². The summed E-state index contributed by atoms with van der Waals surface area (Å²) >= 11 is 0. The van der Waals surface area contributed by atoms with Crippen LogP contribution in [-0.4, -0.2) is 11.3 Å². The van der Waals surface area contributed by atoms with Gasteiger partial charge in [0, 0.05) is 0 Å². The van der Waals surface area contributed by atoms with Crippen molar-refractivity contribution in [3.05, 3.63) is 29.3 Å². The van der Waals surface area contributed by atoms with Crippen LogP contribution >= 0.6 is 0 Å². The van der Waals surface area contributed by atoms with Gasteiger partial charge in [0.1, 0.15) is 11.0 Å². The van der Waals surface area contributed by atoms with Crippen LogP contribution in [0.3, 0.4) is 0 Å². The summed E-state index contributed by atoms with van der Waals surface area (Å²) in [6, 6.07) is 0.820. The molecule has 0 aliphatic heterocycles. The number of benzene rings is 1. The number of alkyl halides is 6. The van der Waals surface area contributed by atoms with Crippen LogP contribution < -0.4 is 4.72 Å². The summed E-state index contributed by atoms with van der Waals surface area (Å²) in [4.78, 5) is -0.584. The maximum atomic E-state index is 12.4. The van der Waals surface area contributed by atoms with E-state index in [-0.39, 0.29) is 6.07 Å². The molecule has 18 heavy (non-hydrogen) atoms. The molecule has 0 aromatic heterocycles. The Labute approximate surface area is 101 Å². The van der Waals surface area contributed by atoms with Gasteiger partial charge in [-0.25, -0.2) is 8.93 Å². The van der Waals surface area contributed by atoms with E-state index in [1.807, 2.05) is 0 Å². The van der Waals surface area contributed by atoms with Gasteiger partial charge in [0.15, 0.2) is 0 Å². The number of hydrogen-bond acceptors (Lipinski definition) is 1. The Balaban J connectivity index is 3.44.